The third kappa shape index (κ3) is 3.73. The first-order valence-electron chi connectivity index (χ1n) is 9.30. The predicted molar refractivity (Wildman–Crippen MR) is 113 cm³/mol. The van der Waals surface area contributed by atoms with Gasteiger partial charge in [0.05, 0.1) is 32.0 Å². The molecule has 32 heavy (non-hydrogen) atoms. The molecule has 2 aromatic carbocycles. The molecule has 1 aliphatic heterocycles. The molecule has 0 unspecified atom stereocenters. The minimum absolute atomic E-state index is 0.00113. The van der Waals surface area contributed by atoms with Crippen molar-refractivity contribution >= 4 is 22.2 Å². The Kier molecular flexibility index (Phi) is 5.47. The number of hydrazone groups is 1. The lowest BCUT2D eigenvalue weighted by molar-refractivity contribution is -0.254. The van der Waals surface area contributed by atoms with Crippen LogP contribution in [0, 0.1) is 0 Å². The number of nitrogens with zero attached hydrogens (tertiary/aromatic N) is 3. The van der Waals surface area contributed by atoms with Crippen molar-refractivity contribution in [3.05, 3.63) is 53.4 Å². The van der Waals surface area contributed by atoms with Gasteiger partial charge in [0.25, 0.3) is 5.72 Å². The van der Waals surface area contributed by atoms with Gasteiger partial charge in [-0.05, 0) is 30.3 Å². The summed E-state index contributed by atoms with van der Waals surface area (Å²) in [4.78, 5) is 4.22. The summed E-state index contributed by atoms with van der Waals surface area (Å²) in [5.74, 6) is 0.731. The highest BCUT2D eigenvalue weighted by molar-refractivity contribution is 7.14. The number of hydrogen-bond donors (Lipinski definition) is 2. The van der Waals surface area contributed by atoms with E-state index in [-0.39, 0.29) is 16.6 Å². The molecular formula is C21H18F3N3O4S. The van der Waals surface area contributed by atoms with Crippen molar-refractivity contribution in [2.24, 2.45) is 5.10 Å². The van der Waals surface area contributed by atoms with Gasteiger partial charge >= 0.3 is 6.18 Å². The summed E-state index contributed by atoms with van der Waals surface area (Å²) < 4.78 is 52.2. The van der Waals surface area contributed by atoms with E-state index in [1.165, 1.54) is 37.8 Å². The Morgan fingerprint density at radius 1 is 1.06 bits per heavy atom. The number of aromatic nitrogens is 1. The minimum Gasteiger partial charge on any atom is -0.508 e. The van der Waals surface area contributed by atoms with Gasteiger partial charge in [0.15, 0.2) is 11.5 Å². The van der Waals surface area contributed by atoms with Crippen molar-refractivity contribution in [2.75, 3.05) is 19.2 Å². The Labute approximate surface area is 185 Å². The molecule has 0 bridgehead atoms. The summed E-state index contributed by atoms with van der Waals surface area (Å²) in [6.45, 7) is 0. The van der Waals surface area contributed by atoms with Crippen molar-refractivity contribution in [2.45, 2.75) is 18.3 Å². The van der Waals surface area contributed by atoms with E-state index < -0.39 is 18.3 Å². The fraction of sp³-hybridized carbons (Fsp3) is 0.238. The van der Waals surface area contributed by atoms with E-state index >= 15 is 0 Å². The molecule has 1 atom stereocenters. The zero-order valence-electron chi connectivity index (χ0n) is 16.9. The number of ether oxygens (including phenoxy) is 2. The molecule has 3 aromatic rings. The van der Waals surface area contributed by atoms with Crippen LogP contribution < -0.4 is 14.5 Å². The van der Waals surface area contributed by atoms with E-state index in [4.69, 9.17) is 9.47 Å². The van der Waals surface area contributed by atoms with Crippen LogP contribution in [0.15, 0.2) is 52.9 Å². The fourth-order valence-corrected chi connectivity index (χ4v) is 4.15. The fourth-order valence-electron chi connectivity index (χ4n) is 3.30. The molecule has 11 heteroatoms. The lowest BCUT2D eigenvalue weighted by Crippen LogP contribution is -2.55. The Morgan fingerprint density at radius 3 is 2.47 bits per heavy atom. The molecule has 0 saturated carbocycles. The molecule has 2 N–H and O–H groups in total. The van der Waals surface area contributed by atoms with Crippen molar-refractivity contribution in [1.82, 2.24) is 4.98 Å². The number of aliphatic hydroxyl groups is 1. The normalized spacial score (nSPS) is 18.6. The maximum absolute atomic E-state index is 14.0. The second-order valence-electron chi connectivity index (χ2n) is 6.99. The zero-order valence-corrected chi connectivity index (χ0v) is 17.7. The van der Waals surface area contributed by atoms with Crippen LogP contribution in [0.5, 0.6) is 17.2 Å². The average molecular weight is 465 g/mol. The number of aromatic hydroxyl groups is 1. The van der Waals surface area contributed by atoms with Gasteiger partial charge in [-0.1, -0.05) is 12.1 Å². The number of anilines is 1. The SMILES string of the molecule is COc1ccc(C2=NN(c3nc(-c4cccc(O)c4)cs3)[C@](O)(C(F)(F)F)C2)cc1OC. The number of rotatable bonds is 5. The average Bonchev–Trinajstić information content (AvgIpc) is 3.38. The summed E-state index contributed by atoms with van der Waals surface area (Å²) in [6, 6.07) is 10.8. The van der Waals surface area contributed by atoms with Crippen LogP contribution >= 0.6 is 11.3 Å². The minimum atomic E-state index is -5.01. The first kappa shape index (κ1) is 21.9. The summed E-state index contributed by atoms with van der Waals surface area (Å²) in [7, 11) is 2.86. The molecule has 0 radical (unpaired) electrons. The van der Waals surface area contributed by atoms with E-state index in [0.29, 0.717) is 33.3 Å². The molecule has 0 amide bonds. The number of phenolic OH excluding ortho intramolecular Hbond substituents is 1. The predicted octanol–water partition coefficient (Wildman–Crippen LogP) is 4.40. The highest BCUT2D eigenvalue weighted by Crippen LogP contribution is 2.45. The second-order valence-corrected chi connectivity index (χ2v) is 7.82. The largest absolute Gasteiger partial charge is 0.508 e. The zero-order chi connectivity index (χ0) is 23.1. The lowest BCUT2D eigenvalue weighted by atomic mass is 10.0. The van der Waals surface area contributed by atoms with Gasteiger partial charge in [0.2, 0.25) is 5.13 Å². The highest BCUT2D eigenvalue weighted by atomic mass is 32.1. The molecule has 168 valence electrons. The molecule has 0 spiro atoms. The summed E-state index contributed by atoms with van der Waals surface area (Å²) in [6.07, 6.45) is -5.81. The van der Waals surface area contributed by atoms with Crippen LogP contribution in [0.3, 0.4) is 0 Å². The van der Waals surface area contributed by atoms with E-state index in [9.17, 15) is 23.4 Å². The Balaban J connectivity index is 1.76. The van der Waals surface area contributed by atoms with E-state index in [2.05, 4.69) is 10.1 Å². The number of methoxy groups -OCH3 is 2. The van der Waals surface area contributed by atoms with Gasteiger partial charge in [0.1, 0.15) is 5.75 Å². The van der Waals surface area contributed by atoms with E-state index in [0.717, 1.165) is 11.3 Å². The third-order valence-corrected chi connectivity index (χ3v) is 5.79. The quantitative estimate of drug-likeness (QED) is 0.581. The summed E-state index contributed by atoms with van der Waals surface area (Å²) in [5, 5.41) is 26.3. The summed E-state index contributed by atoms with van der Waals surface area (Å²) in [5.41, 5.74) is -2.05. The lowest BCUT2D eigenvalue weighted by Gasteiger charge is -2.32. The van der Waals surface area contributed by atoms with Crippen LogP contribution in [0.4, 0.5) is 18.3 Å². The number of phenols is 1. The number of thiazole rings is 1. The van der Waals surface area contributed by atoms with Crippen molar-refractivity contribution in [3.63, 3.8) is 0 Å². The van der Waals surface area contributed by atoms with Gasteiger partial charge in [-0.3, -0.25) is 0 Å². The number of benzene rings is 2. The van der Waals surface area contributed by atoms with Crippen LogP contribution in [-0.2, 0) is 0 Å². The molecule has 2 heterocycles. The Hall–Kier alpha value is -3.31. The summed E-state index contributed by atoms with van der Waals surface area (Å²) >= 11 is 0.898. The van der Waals surface area contributed by atoms with Crippen LogP contribution in [0.25, 0.3) is 11.3 Å². The number of hydrogen-bond acceptors (Lipinski definition) is 8. The van der Waals surface area contributed by atoms with Gasteiger partial charge in [0, 0.05) is 16.5 Å². The molecule has 1 aliphatic rings. The Morgan fingerprint density at radius 2 is 1.81 bits per heavy atom. The van der Waals surface area contributed by atoms with Gasteiger partial charge < -0.3 is 19.7 Å². The third-order valence-electron chi connectivity index (χ3n) is 4.97. The topological polar surface area (TPSA) is 87.4 Å². The molecule has 0 aliphatic carbocycles. The van der Waals surface area contributed by atoms with Gasteiger partial charge in [-0.25, -0.2) is 4.98 Å². The number of halogens is 3. The highest BCUT2D eigenvalue weighted by Gasteiger charge is 2.62. The maximum atomic E-state index is 14.0. The number of alkyl halides is 3. The molecule has 0 saturated heterocycles. The molecule has 1 aromatic heterocycles. The van der Waals surface area contributed by atoms with Crippen molar-refractivity contribution in [1.29, 1.82) is 0 Å². The molecular weight excluding hydrogens is 447 g/mol. The van der Waals surface area contributed by atoms with E-state index in [1.54, 1.807) is 24.3 Å². The van der Waals surface area contributed by atoms with E-state index in [1.807, 2.05) is 0 Å². The molecule has 7 nitrogen and oxygen atoms in total. The second kappa shape index (κ2) is 7.99. The smallest absolute Gasteiger partial charge is 0.438 e. The molecule has 4 rings (SSSR count). The van der Waals surface area contributed by atoms with Crippen molar-refractivity contribution in [3.8, 4) is 28.5 Å². The van der Waals surface area contributed by atoms with Crippen molar-refractivity contribution < 1.29 is 32.9 Å². The first-order valence-corrected chi connectivity index (χ1v) is 10.2. The first-order chi connectivity index (χ1) is 15.2. The van der Waals surface area contributed by atoms with Crippen LogP contribution in [0.1, 0.15) is 12.0 Å². The maximum Gasteiger partial charge on any atom is 0.438 e. The van der Waals surface area contributed by atoms with Crippen LogP contribution in [0.2, 0.25) is 0 Å². The standard InChI is InChI=1S/C21H18F3N3O4S/c1-30-17-7-6-13(9-18(17)31-2)15-10-20(29,21(22,23)24)27(26-15)19-25-16(11-32-19)12-4-3-5-14(28)8-12/h3-9,11,28-29H,10H2,1-2H3/t20-/m1/s1. The van der Waals surface area contributed by atoms with Crippen LogP contribution in [-0.4, -0.2) is 47.0 Å². The van der Waals surface area contributed by atoms with Gasteiger partial charge in [-0.2, -0.15) is 23.3 Å². The van der Waals surface area contributed by atoms with Gasteiger partial charge in [-0.15, -0.1) is 11.3 Å². The molecule has 0 fully saturated rings. The monoisotopic (exact) mass is 465 g/mol. The Bertz CT molecular complexity index is 1180.